The molecular weight excluding hydrogens is 354 g/mol. The molecule has 0 aliphatic rings. The second kappa shape index (κ2) is 9.97. The summed E-state index contributed by atoms with van der Waals surface area (Å²) in [6, 6.07) is 4.14. The number of rotatable bonds is 7. The van der Waals surface area contributed by atoms with E-state index in [4.69, 9.17) is 9.47 Å². The molecule has 0 saturated heterocycles. The minimum absolute atomic E-state index is 0.163. The van der Waals surface area contributed by atoms with E-state index in [9.17, 15) is 9.90 Å². The number of aliphatic hydroxyl groups excluding tert-OH is 1. The number of carbonyl (C=O) groups is 1. The van der Waals surface area contributed by atoms with E-state index in [1.54, 1.807) is 20.8 Å². The van der Waals surface area contributed by atoms with Gasteiger partial charge in [-0.1, -0.05) is 12.2 Å². The van der Waals surface area contributed by atoms with Crippen LogP contribution in [0, 0.1) is 13.8 Å². The lowest BCUT2D eigenvalue weighted by Gasteiger charge is -2.22. The van der Waals surface area contributed by atoms with Crippen LogP contribution in [0.4, 0.5) is 4.79 Å². The number of ether oxygens (including phenoxy) is 2. The molecule has 5 heteroatoms. The minimum Gasteiger partial charge on any atom is -0.488 e. The van der Waals surface area contributed by atoms with Gasteiger partial charge < -0.3 is 19.9 Å². The molecule has 1 aromatic carbocycles. The van der Waals surface area contributed by atoms with E-state index in [-0.39, 0.29) is 12.1 Å². The summed E-state index contributed by atoms with van der Waals surface area (Å²) >= 11 is 0. The van der Waals surface area contributed by atoms with Crippen molar-refractivity contribution in [2.24, 2.45) is 0 Å². The molecule has 2 N–H and O–H groups in total. The summed E-state index contributed by atoms with van der Waals surface area (Å²) in [5.74, 6) is 0.888. The van der Waals surface area contributed by atoms with Gasteiger partial charge in [0.15, 0.2) is 0 Å². The number of aryl methyl sites for hydroxylation is 2. The van der Waals surface area contributed by atoms with E-state index in [0.717, 1.165) is 12.2 Å². The smallest absolute Gasteiger partial charge is 0.407 e. The lowest BCUT2D eigenvalue weighted by molar-refractivity contribution is 0.0493. The molecule has 0 bridgehead atoms. The summed E-state index contributed by atoms with van der Waals surface area (Å²) in [6.45, 7) is 15.9. The fourth-order valence-electron chi connectivity index (χ4n) is 2.74. The van der Waals surface area contributed by atoms with Crippen molar-refractivity contribution in [3.63, 3.8) is 0 Å². The molecule has 28 heavy (non-hydrogen) atoms. The Labute approximate surface area is 170 Å². The van der Waals surface area contributed by atoms with Gasteiger partial charge in [-0.3, -0.25) is 0 Å². The Morgan fingerprint density at radius 3 is 2.14 bits per heavy atom. The Kier molecular flexibility index (Phi) is 8.55. The third kappa shape index (κ3) is 9.79. The Bertz CT molecular complexity index is 658. The van der Waals surface area contributed by atoms with Crippen LogP contribution in [-0.2, 0) is 11.2 Å². The largest absolute Gasteiger partial charge is 0.488 e. The predicted octanol–water partition coefficient (Wildman–Crippen LogP) is 4.86. The fourth-order valence-corrected chi connectivity index (χ4v) is 2.74. The van der Waals surface area contributed by atoms with Gasteiger partial charge in [0.25, 0.3) is 0 Å². The third-order valence-electron chi connectivity index (χ3n) is 3.87. The monoisotopic (exact) mass is 391 g/mol. The summed E-state index contributed by atoms with van der Waals surface area (Å²) < 4.78 is 11.1. The van der Waals surface area contributed by atoms with Crippen LogP contribution in [0.3, 0.4) is 0 Å². The van der Waals surface area contributed by atoms with Crippen molar-refractivity contribution in [3.8, 4) is 5.75 Å². The number of aliphatic hydroxyl groups is 1. The van der Waals surface area contributed by atoms with Crippen LogP contribution >= 0.6 is 0 Å². The first kappa shape index (κ1) is 24.0. The molecular formula is C23H37NO4. The van der Waals surface area contributed by atoms with E-state index in [0.29, 0.717) is 6.42 Å². The first-order valence-corrected chi connectivity index (χ1v) is 9.86. The average Bonchev–Trinajstić information content (AvgIpc) is 2.48. The minimum atomic E-state index is -0.645. The van der Waals surface area contributed by atoms with Gasteiger partial charge in [-0.2, -0.15) is 0 Å². The molecule has 1 unspecified atom stereocenters. The van der Waals surface area contributed by atoms with Crippen LogP contribution in [0.25, 0.3) is 0 Å². The van der Waals surface area contributed by atoms with Gasteiger partial charge in [0.2, 0.25) is 0 Å². The van der Waals surface area contributed by atoms with E-state index in [1.165, 1.54) is 16.7 Å². The SMILES string of the molecule is Cc1cc(OC(C)(C)C)cc(C)c1CC=CCC(O)CNC(=O)OC(C)(C)C. The summed E-state index contributed by atoms with van der Waals surface area (Å²) in [5.41, 5.74) is 2.88. The normalized spacial score (nSPS) is 13.5. The Morgan fingerprint density at radius 2 is 1.64 bits per heavy atom. The second-order valence-corrected chi connectivity index (χ2v) is 9.20. The highest BCUT2D eigenvalue weighted by molar-refractivity contribution is 5.67. The van der Waals surface area contributed by atoms with Crippen molar-refractivity contribution in [1.82, 2.24) is 5.32 Å². The van der Waals surface area contributed by atoms with Crippen molar-refractivity contribution in [2.45, 2.75) is 85.5 Å². The van der Waals surface area contributed by atoms with Crippen molar-refractivity contribution < 1.29 is 19.4 Å². The van der Waals surface area contributed by atoms with Crippen molar-refractivity contribution in [1.29, 1.82) is 0 Å². The lowest BCUT2D eigenvalue weighted by Crippen LogP contribution is -2.36. The lowest BCUT2D eigenvalue weighted by atomic mass is 9.99. The van der Waals surface area contributed by atoms with Crippen molar-refractivity contribution >= 4 is 6.09 Å². The zero-order valence-electron chi connectivity index (χ0n) is 18.7. The topological polar surface area (TPSA) is 67.8 Å². The van der Waals surface area contributed by atoms with Crippen LogP contribution < -0.4 is 10.1 Å². The molecule has 0 heterocycles. The second-order valence-electron chi connectivity index (χ2n) is 9.20. The quantitative estimate of drug-likeness (QED) is 0.652. The number of alkyl carbamates (subject to hydrolysis) is 1. The molecule has 1 atom stereocenters. The molecule has 0 spiro atoms. The maximum Gasteiger partial charge on any atom is 0.407 e. The number of amides is 1. The third-order valence-corrected chi connectivity index (χ3v) is 3.87. The van der Waals surface area contributed by atoms with Crippen LogP contribution in [0.2, 0.25) is 0 Å². The van der Waals surface area contributed by atoms with Gasteiger partial charge in [-0.05, 0) is 97.1 Å². The Balaban J connectivity index is 2.51. The molecule has 0 aliphatic carbocycles. The first-order chi connectivity index (χ1) is 12.8. The standard InChI is InChI=1S/C23H37NO4/c1-16-13-19(27-22(3,4)5)14-17(2)20(16)12-10-9-11-18(25)15-24-21(26)28-23(6,7)8/h9-10,13-14,18,25H,11-12,15H2,1-8H3,(H,24,26). The maximum atomic E-state index is 11.6. The molecule has 1 rings (SSSR count). The fraction of sp³-hybridized carbons (Fsp3) is 0.609. The summed E-state index contributed by atoms with van der Waals surface area (Å²) in [6.07, 6.45) is 4.10. The van der Waals surface area contributed by atoms with Crippen molar-refractivity contribution in [3.05, 3.63) is 41.0 Å². The van der Waals surface area contributed by atoms with Gasteiger partial charge in [0, 0.05) is 6.54 Å². The number of nitrogens with one attached hydrogen (secondary N) is 1. The van der Waals surface area contributed by atoms with Gasteiger partial charge in [0.05, 0.1) is 6.10 Å². The average molecular weight is 392 g/mol. The highest BCUT2D eigenvalue weighted by Gasteiger charge is 2.16. The number of benzene rings is 1. The summed E-state index contributed by atoms with van der Waals surface area (Å²) in [4.78, 5) is 11.6. The number of allylic oxidation sites excluding steroid dienone is 1. The van der Waals surface area contributed by atoms with E-state index >= 15 is 0 Å². The molecule has 1 aromatic rings. The molecule has 158 valence electrons. The van der Waals surface area contributed by atoms with Crippen LogP contribution in [-0.4, -0.2) is 35.1 Å². The van der Waals surface area contributed by atoms with Gasteiger partial charge in [0.1, 0.15) is 17.0 Å². The van der Waals surface area contributed by atoms with E-state index in [2.05, 4.69) is 37.4 Å². The maximum absolute atomic E-state index is 11.6. The number of carbonyl (C=O) groups excluding carboxylic acids is 1. The summed E-state index contributed by atoms with van der Waals surface area (Å²) in [7, 11) is 0. The number of hydrogen-bond donors (Lipinski definition) is 2. The predicted molar refractivity (Wildman–Crippen MR) is 114 cm³/mol. The first-order valence-electron chi connectivity index (χ1n) is 9.86. The van der Waals surface area contributed by atoms with Gasteiger partial charge >= 0.3 is 6.09 Å². The summed E-state index contributed by atoms with van der Waals surface area (Å²) in [5, 5.41) is 12.6. The Hall–Kier alpha value is -2.01. The Morgan fingerprint density at radius 1 is 1.07 bits per heavy atom. The zero-order chi connectivity index (χ0) is 21.5. The van der Waals surface area contributed by atoms with E-state index < -0.39 is 17.8 Å². The zero-order valence-corrected chi connectivity index (χ0v) is 18.7. The van der Waals surface area contributed by atoms with E-state index in [1.807, 2.05) is 26.8 Å². The van der Waals surface area contributed by atoms with Crippen LogP contribution in [0.5, 0.6) is 5.75 Å². The van der Waals surface area contributed by atoms with Gasteiger partial charge in [-0.15, -0.1) is 0 Å². The van der Waals surface area contributed by atoms with Crippen LogP contribution in [0.1, 0.15) is 64.7 Å². The molecule has 1 amide bonds. The van der Waals surface area contributed by atoms with Gasteiger partial charge in [-0.25, -0.2) is 4.79 Å². The molecule has 0 saturated carbocycles. The molecule has 0 aromatic heterocycles. The molecule has 0 radical (unpaired) electrons. The molecule has 5 nitrogen and oxygen atoms in total. The highest BCUT2D eigenvalue weighted by Crippen LogP contribution is 2.25. The van der Waals surface area contributed by atoms with Crippen LogP contribution in [0.15, 0.2) is 24.3 Å². The molecule has 0 fully saturated rings. The highest BCUT2D eigenvalue weighted by atomic mass is 16.6. The van der Waals surface area contributed by atoms with Crippen molar-refractivity contribution in [2.75, 3.05) is 6.54 Å². The molecule has 0 aliphatic heterocycles. The number of hydrogen-bond acceptors (Lipinski definition) is 4.